The van der Waals surface area contributed by atoms with Crippen LogP contribution in [0, 0.1) is 0 Å². The zero-order chi connectivity index (χ0) is 15.7. The Labute approximate surface area is 100 Å². The molecule has 0 spiro atoms. The van der Waals surface area contributed by atoms with Crippen LogP contribution in [0.4, 0.5) is 39.5 Å². The average molecular weight is 328 g/mol. The highest BCUT2D eigenvalue weighted by molar-refractivity contribution is 7.87. The van der Waals surface area contributed by atoms with Crippen LogP contribution in [0.1, 0.15) is 12.8 Å². The Kier molecular flexibility index (Phi) is 5.14. The Morgan fingerprint density at radius 2 is 1.37 bits per heavy atom. The minimum atomic E-state index is -6.83. The van der Waals surface area contributed by atoms with Crippen molar-refractivity contribution in [2.45, 2.75) is 36.8 Å². The molecule has 0 aliphatic heterocycles. The van der Waals surface area contributed by atoms with E-state index < -0.39 is 46.9 Å². The monoisotopic (exact) mass is 328 g/mol. The van der Waals surface area contributed by atoms with Crippen molar-refractivity contribution in [2.24, 2.45) is 0 Å². The summed E-state index contributed by atoms with van der Waals surface area (Å²) in [6, 6.07) is 0. The van der Waals surface area contributed by atoms with Crippen molar-refractivity contribution in [2.75, 3.05) is 0 Å². The molecule has 0 aromatic carbocycles. The van der Waals surface area contributed by atoms with Crippen molar-refractivity contribution in [3.63, 3.8) is 0 Å². The van der Waals surface area contributed by atoms with Crippen LogP contribution in [0.15, 0.2) is 0 Å². The van der Waals surface area contributed by atoms with Gasteiger partial charge < -0.3 is 0 Å². The van der Waals surface area contributed by atoms with Gasteiger partial charge in [0.25, 0.3) is 0 Å². The second-order valence-electron chi connectivity index (χ2n) is 3.17. The van der Waals surface area contributed by atoms with Gasteiger partial charge >= 0.3 is 27.9 Å². The molecule has 0 bridgehead atoms. The van der Waals surface area contributed by atoms with Crippen molar-refractivity contribution in [3.05, 3.63) is 0 Å². The summed E-state index contributed by atoms with van der Waals surface area (Å²) >= 11 is 0. The Balaban J connectivity index is 4.81. The summed E-state index contributed by atoms with van der Waals surface area (Å²) in [5, 5.41) is 0. The van der Waals surface area contributed by atoms with Crippen LogP contribution in [-0.2, 0) is 14.3 Å². The fraction of sp³-hybridized carbons (Fsp3) is 1.00. The fourth-order valence-corrected chi connectivity index (χ4v) is 1.20. The lowest BCUT2D eigenvalue weighted by Gasteiger charge is -2.21. The minimum Gasteiger partial charge on any atom is -0.238 e. The maximum Gasteiger partial charge on any atom is 0.523 e. The topological polar surface area (TPSA) is 43.4 Å². The molecule has 3 nitrogen and oxygen atoms in total. The van der Waals surface area contributed by atoms with E-state index in [1.807, 2.05) is 0 Å². The van der Waals surface area contributed by atoms with Gasteiger partial charge in [0.15, 0.2) is 6.17 Å². The summed E-state index contributed by atoms with van der Waals surface area (Å²) in [4.78, 5) is 0. The van der Waals surface area contributed by atoms with E-state index in [-0.39, 0.29) is 0 Å². The molecule has 0 saturated carbocycles. The molecular formula is C6H5F9O3S. The summed E-state index contributed by atoms with van der Waals surface area (Å²) in [6.45, 7) is 0. The summed E-state index contributed by atoms with van der Waals surface area (Å²) < 4.78 is 130. The van der Waals surface area contributed by atoms with Crippen LogP contribution in [0.5, 0.6) is 0 Å². The molecule has 0 fully saturated rings. The van der Waals surface area contributed by atoms with Gasteiger partial charge in [-0.05, 0) is 6.42 Å². The van der Waals surface area contributed by atoms with Gasteiger partial charge in [0, 0.05) is 6.42 Å². The van der Waals surface area contributed by atoms with Crippen LogP contribution in [-0.4, -0.2) is 32.4 Å². The SMILES string of the molecule is O=S(=O)(OC(F)(F)C(F)CCC(F)(F)F)C(F)(F)F. The molecule has 0 aromatic heterocycles. The van der Waals surface area contributed by atoms with Gasteiger partial charge in [-0.2, -0.15) is 47.7 Å². The van der Waals surface area contributed by atoms with E-state index >= 15 is 0 Å². The largest absolute Gasteiger partial charge is 0.523 e. The number of halogens is 9. The molecule has 19 heavy (non-hydrogen) atoms. The fourth-order valence-electron chi connectivity index (χ4n) is 0.704. The van der Waals surface area contributed by atoms with Gasteiger partial charge in [-0.25, -0.2) is 4.39 Å². The van der Waals surface area contributed by atoms with E-state index in [4.69, 9.17) is 0 Å². The Hall–Kier alpha value is -0.720. The first kappa shape index (κ1) is 18.3. The second-order valence-corrected chi connectivity index (χ2v) is 4.70. The van der Waals surface area contributed by atoms with Crippen LogP contribution in [0.2, 0.25) is 0 Å². The van der Waals surface area contributed by atoms with E-state index in [0.717, 1.165) is 0 Å². The molecule has 0 amide bonds. The highest BCUT2D eigenvalue weighted by atomic mass is 32.2. The van der Waals surface area contributed by atoms with Crippen LogP contribution < -0.4 is 0 Å². The van der Waals surface area contributed by atoms with E-state index in [1.54, 1.807) is 0 Å². The van der Waals surface area contributed by atoms with Gasteiger partial charge in [-0.15, -0.1) is 0 Å². The maximum absolute atomic E-state index is 12.6. The standard InChI is InChI=1S/C6H5F9O3S/c7-3(1-2-4(8,9)10)5(11,12)18-19(16,17)6(13,14)15/h3H,1-2H2. The average Bonchev–Trinajstić information content (AvgIpc) is 2.09. The molecular weight excluding hydrogens is 323 g/mol. The molecule has 1 atom stereocenters. The molecule has 0 saturated heterocycles. The van der Waals surface area contributed by atoms with Gasteiger partial charge in [0.05, 0.1) is 0 Å². The lowest BCUT2D eigenvalue weighted by atomic mass is 10.2. The third-order valence-corrected chi connectivity index (χ3v) is 2.56. The number of alkyl halides is 9. The molecule has 13 heteroatoms. The quantitative estimate of drug-likeness (QED) is 0.442. The predicted molar refractivity (Wildman–Crippen MR) is 41.2 cm³/mol. The van der Waals surface area contributed by atoms with Gasteiger partial charge in [-0.1, -0.05) is 0 Å². The van der Waals surface area contributed by atoms with Crippen molar-refractivity contribution >= 4 is 10.1 Å². The second kappa shape index (κ2) is 5.34. The Bertz CT molecular complexity index is 395. The minimum absolute atomic E-state index is 1.95. The first-order valence-corrected chi connectivity index (χ1v) is 5.60. The zero-order valence-electron chi connectivity index (χ0n) is 8.53. The Morgan fingerprint density at radius 1 is 0.947 bits per heavy atom. The molecule has 0 rings (SSSR count). The molecule has 0 aliphatic rings. The molecule has 0 aromatic rings. The van der Waals surface area contributed by atoms with E-state index in [2.05, 4.69) is 4.18 Å². The van der Waals surface area contributed by atoms with Crippen molar-refractivity contribution < 1.29 is 52.1 Å². The van der Waals surface area contributed by atoms with Gasteiger partial charge in [0.1, 0.15) is 0 Å². The molecule has 1 unspecified atom stereocenters. The molecule has 0 radical (unpaired) electrons. The van der Waals surface area contributed by atoms with Crippen LogP contribution >= 0.6 is 0 Å². The molecule has 0 aliphatic carbocycles. The van der Waals surface area contributed by atoms with Crippen molar-refractivity contribution in [1.82, 2.24) is 0 Å². The van der Waals surface area contributed by atoms with Crippen LogP contribution in [0.25, 0.3) is 0 Å². The van der Waals surface area contributed by atoms with Crippen molar-refractivity contribution in [3.8, 4) is 0 Å². The first-order valence-electron chi connectivity index (χ1n) is 4.19. The first-order chi connectivity index (χ1) is 8.08. The van der Waals surface area contributed by atoms with E-state index in [1.165, 1.54) is 0 Å². The van der Waals surface area contributed by atoms with E-state index in [9.17, 15) is 47.9 Å². The normalized spacial score (nSPS) is 16.5. The lowest BCUT2D eigenvalue weighted by molar-refractivity contribution is -0.231. The summed E-state index contributed by atoms with van der Waals surface area (Å²) in [7, 11) is -6.83. The number of hydrogen-bond acceptors (Lipinski definition) is 3. The van der Waals surface area contributed by atoms with Crippen LogP contribution in [0.3, 0.4) is 0 Å². The van der Waals surface area contributed by atoms with Crippen molar-refractivity contribution in [1.29, 1.82) is 0 Å². The third-order valence-electron chi connectivity index (χ3n) is 1.55. The highest BCUT2D eigenvalue weighted by Gasteiger charge is 2.56. The predicted octanol–water partition coefficient (Wildman–Crippen LogP) is 3.13. The third kappa shape index (κ3) is 5.84. The summed E-state index contributed by atoms with van der Waals surface area (Å²) in [5.41, 5.74) is -6.25. The highest BCUT2D eigenvalue weighted by Crippen LogP contribution is 2.36. The van der Waals surface area contributed by atoms with Gasteiger partial charge in [0.2, 0.25) is 0 Å². The molecule has 0 heterocycles. The van der Waals surface area contributed by atoms with Gasteiger partial charge in [-0.3, -0.25) is 0 Å². The summed E-state index contributed by atoms with van der Waals surface area (Å²) in [5.74, 6) is 0. The lowest BCUT2D eigenvalue weighted by Crippen LogP contribution is -2.40. The maximum atomic E-state index is 12.6. The van der Waals surface area contributed by atoms with E-state index in [0.29, 0.717) is 0 Å². The molecule has 0 N–H and O–H groups in total. The molecule has 116 valence electrons. The zero-order valence-corrected chi connectivity index (χ0v) is 9.34. The number of rotatable bonds is 5. The smallest absolute Gasteiger partial charge is 0.238 e. The Morgan fingerprint density at radius 3 is 1.68 bits per heavy atom. The summed E-state index contributed by atoms with van der Waals surface area (Å²) in [6.07, 6.45) is -18.5. The number of hydrogen-bond donors (Lipinski definition) is 0.